The molecule has 0 bridgehead atoms. The third-order valence-corrected chi connectivity index (χ3v) is 3.89. The van der Waals surface area contributed by atoms with Crippen LogP contribution in [0.3, 0.4) is 0 Å². The maximum Gasteiger partial charge on any atom is 0.307 e. The molecule has 0 amide bonds. The minimum absolute atomic E-state index is 0.232. The summed E-state index contributed by atoms with van der Waals surface area (Å²) >= 11 is 0. The summed E-state index contributed by atoms with van der Waals surface area (Å²) in [4.78, 5) is 23.7. The molecule has 1 fully saturated rings. The van der Waals surface area contributed by atoms with E-state index in [2.05, 4.69) is 0 Å². The maximum atomic E-state index is 13.3. The van der Waals surface area contributed by atoms with E-state index in [1.54, 1.807) is 13.0 Å². The van der Waals surface area contributed by atoms with Crippen LogP contribution in [-0.2, 0) is 4.79 Å². The maximum absolute atomic E-state index is 13.3. The van der Waals surface area contributed by atoms with Crippen LogP contribution in [0.2, 0.25) is 0 Å². The molecule has 0 aromatic heterocycles. The van der Waals surface area contributed by atoms with Crippen molar-refractivity contribution in [3.63, 3.8) is 0 Å². The smallest absolute Gasteiger partial charge is 0.307 e. The first-order valence-electron chi connectivity index (χ1n) is 6.54. The Kier molecular flexibility index (Phi) is 3.98. The van der Waals surface area contributed by atoms with Gasteiger partial charge in [0.05, 0.1) is 5.92 Å². The van der Waals surface area contributed by atoms with Crippen LogP contribution in [0.15, 0.2) is 18.2 Å². The van der Waals surface area contributed by atoms with Crippen molar-refractivity contribution >= 4 is 11.8 Å². The summed E-state index contributed by atoms with van der Waals surface area (Å²) in [6.45, 7) is 1.74. The summed E-state index contributed by atoms with van der Waals surface area (Å²) in [7, 11) is 0. The average molecular weight is 264 g/mol. The highest BCUT2D eigenvalue weighted by molar-refractivity contribution is 6.01. The van der Waals surface area contributed by atoms with Gasteiger partial charge < -0.3 is 5.11 Å². The quantitative estimate of drug-likeness (QED) is 0.853. The second-order valence-electron chi connectivity index (χ2n) is 5.16. The zero-order valence-electron chi connectivity index (χ0n) is 10.9. The van der Waals surface area contributed by atoms with Gasteiger partial charge in [-0.25, -0.2) is 4.39 Å². The number of carbonyl (C=O) groups excluding carboxylic acids is 1. The van der Waals surface area contributed by atoms with Gasteiger partial charge in [-0.2, -0.15) is 0 Å². The van der Waals surface area contributed by atoms with Gasteiger partial charge in [-0.05, 0) is 37.5 Å². The molecule has 1 aliphatic carbocycles. The van der Waals surface area contributed by atoms with Crippen LogP contribution < -0.4 is 0 Å². The van der Waals surface area contributed by atoms with E-state index < -0.39 is 23.6 Å². The van der Waals surface area contributed by atoms with E-state index in [1.165, 1.54) is 12.1 Å². The van der Waals surface area contributed by atoms with Gasteiger partial charge in [0, 0.05) is 11.5 Å². The fourth-order valence-electron chi connectivity index (χ4n) is 2.80. The lowest BCUT2D eigenvalue weighted by Crippen LogP contribution is -2.33. The Labute approximate surface area is 111 Å². The highest BCUT2D eigenvalue weighted by Crippen LogP contribution is 2.33. The lowest BCUT2D eigenvalue weighted by Gasteiger charge is -2.27. The van der Waals surface area contributed by atoms with Crippen molar-refractivity contribution in [1.82, 2.24) is 0 Å². The zero-order chi connectivity index (χ0) is 14.0. The number of aliphatic carboxylic acids is 1. The van der Waals surface area contributed by atoms with Gasteiger partial charge in [-0.3, -0.25) is 9.59 Å². The Hall–Kier alpha value is -1.71. The van der Waals surface area contributed by atoms with Crippen LogP contribution in [0.5, 0.6) is 0 Å². The van der Waals surface area contributed by atoms with Gasteiger partial charge in [0.1, 0.15) is 5.82 Å². The van der Waals surface area contributed by atoms with Crippen molar-refractivity contribution in [3.05, 3.63) is 35.1 Å². The molecule has 1 aromatic rings. The second-order valence-corrected chi connectivity index (χ2v) is 5.16. The summed E-state index contributed by atoms with van der Waals surface area (Å²) in [6, 6.07) is 4.08. The highest BCUT2D eigenvalue weighted by Gasteiger charge is 2.36. The predicted octanol–water partition coefficient (Wildman–Crippen LogP) is 3.21. The van der Waals surface area contributed by atoms with E-state index in [1.807, 2.05) is 0 Å². The fraction of sp³-hybridized carbons (Fsp3) is 0.467. The average Bonchev–Trinajstić information content (AvgIpc) is 2.40. The van der Waals surface area contributed by atoms with Crippen molar-refractivity contribution in [2.24, 2.45) is 11.8 Å². The van der Waals surface area contributed by atoms with E-state index in [0.29, 0.717) is 24.0 Å². The molecule has 4 heteroatoms. The monoisotopic (exact) mass is 264 g/mol. The second kappa shape index (κ2) is 5.51. The Morgan fingerprint density at radius 1 is 1.21 bits per heavy atom. The molecule has 102 valence electrons. The van der Waals surface area contributed by atoms with E-state index in [-0.39, 0.29) is 5.78 Å². The molecule has 0 radical (unpaired) electrons. The topological polar surface area (TPSA) is 54.4 Å². The van der Waals surface area contributed by atoms with E-state index in [0.717, 1.165) is 12.8 Å². The highest BCUT2D eigenvalue weighted by atomic mass is 19.1. The van der Waals surface area contributed by atoms with Gasteiger partial charge in [0.2, 0.25) is 0 Å². The number of aryl methyl sites for hydroxylation is 1. The zero-order valence-corrected chi connectivity index (χ0v) is 10.9. The van der Waals surface area contributed by atoms with Gasteiger partial charge >= 0.3 is 5.97 Å². The molecule has 0 spiro atoms. The lowest BCUT2D eigenvalue weighted by molar-refractivity contribution is -0.144. The van der Waals surface area contributed by atoms with Crippen molar-refractivity contribution in [1.29, 1.82) is 0 Å². The number of hydrogen-bond acceptors (Lipinski definition) is 2. The SMILES string of the molecule is Cc1ccc(F)cc1C(=O)C1CCCCC1C(=O)O. The molecule has 19 heavy (non-hydrogen) atoms. The molecule has 2 unspecified atom stereocenters. The summed E-state index contributed by atoms with van der Waals surface area (Å²) in [6.07, 6.45) is 2.79. The number of carboxylic acid groups (broad SMARTS) is 1. The van der Waals surface area contributed by atoms with Crippen LogP contribution in [-0.4, -0.2) is 16.9 Å². The molecular formula is C15H17FO3. The molecule has 0 heterocycles. The molecule has 1 N–H and O–H groups in total. The summed E-state index contributed by atoms with van der Waals surface area (Å²) < 4.78 is 13.3. The van der Waals surface area contributed by atoms with Crippen LogP contribution in [0.4, 0.5) is 4.39 Å². The molecule has 0 aliphatic heterocycles. The number of hydrogen-bond donors (Lipinski definition) is 1. The van der Waals surface area contributed by atoms with E-state index >= 15 is 0 Å². The van der Waals surface area contributed by atoms with Crippen LogP contribution in [0.25, 0.3) is 0 Å². The molecular weight excluding hydrogens is 247 g/mol. The third-order valence-electron chi connectivity index (χ3n) is 3.89. The van der Waals surface area contributed by atoms with Crippen molar-refractivity contribution < 1.29 is 19.1 Å². The first kappa shape index (κ1) is 13.7. The van der Waals surface area contributed by atoms with Crippen molar-refractivity contribution in [3.8, 4) is 0 Å². The predicted molar refractivity (Wildman–Crippen MR) is 68.6 cm³/mol. The Morgan fingerprint density at radius 2 is 1.84 bits per heavy atom. The van der Waals surface area contributed by atoms with Gasteiger partial charge in [-0.15, -0.1) is 0 Å². The molecule has 0 saturated heterocycles. The number of Topliss-reactive ketones (excluding diaryl/α,β-unsaturated/α-hetero) is 1. The molecule has 2 atom stereocenters. The normalized spacial score (nSPS) is 23.1. The molecule has 3 nitrogen and oxygen atoms in total. The lowest BCUT2D eigenvalue weighted by atomic mass is 9.75. The Morgan fingerprint density at radius 3 is 2.47 bits per heavy atom. The van der Waals surface area contributed by atoms with Crippen molar-refractivity contribution in [2.75, 3.05) is 0 Å². The van der Waals surface area contributed by atoms with E-state index in [9.17, 15) is 19.1 Å². The number of carboxylic acids is 1. The molecule has 2 rings (SSSR count). The first-order chi connectivity index (χ1) is 9.00. The number of rotatable bonds is 3. The van der Waals surface area contributed by atoms with Gasteiger partial charge in [-0.1, -0.05) is 18.9 Å². The van der Waals surface area contributed by atoms with Crippen LogP contribution >= 0.6 is 0 Å². The van der Waals surface area contributed by atoms with Crippen LogP contribution in [0.1, 0.15) is 41.6 Å². The van der Waals surface area contributed by atoms with Crippen molar-refractivity contribution in [2.45, 2.75) is 32.6 Å². The fourth-order valence-corrected chi connectivity index (χ4v) is 2.80. The summed E-state index contributed by atoms with van der Waals surface area (Å²) in [5, 5.41) is 9.20. The number of halogens is 1. The summed E-state index contributed by atoms with van der Waals surface area (Å²) in [5.41, 5.74) is 1.01. The third kappa shape index (κ3) is 2.83. The van der Waals surface area contributed by atoms with Gasteiger partial charge in [0.15, 0.2) is 5.78 Å². The minimum atomic E-state index is -0.924. The standard InChI is InChI=1S/C15H17FO3/c1-9-6-7-10(16)8-13(9)14(17)11-4-2-3-5-12(11)15(18)19/h6-8,11-12H,2-5H2,1H3,(H,18,19). The minimum Gasteiger partial charge on any atom is -0.481 e. The molecule has 1 saturated carbocycles. The number of carbonyl (C=O) groups is 2. The number of ketones is 1. The van der Waals surface area contributed by atoms with Gasteiger partial charge in [0.25, 0.3) is 0 Å². The number of benzene rings is 1. The first-order valence-corrected chi connectivity index (χ1v) is 6.54. The largest absolute Gasteiger partial charge is 0.481 e. The summed E-state index contributed by atoms with van der Waals surface area (Å²) in [5.74, 6) is -2.77. The Balaban J connectivity index is 2.31. The molecule has 1 aliphatic rings. The van der Waals surface area contributed by atoms with E-state index in [4.69, 9.17) is 0 Å². The Bertz CT molecular complexity index is 510. The molecule has 1 aromatic carbocycles. The van der Waals surface area contributed by atoms with Crippen LogP contribution in [0, 0.1) is 24.6 Å².